The maximum atomic E-state index is 5.19. The molecule has 5 heteroatoms. The third-order valence-electron chi connectivity index (χ3n) is 2.81. The third kappa shape index (κ3) is 2.34. The normalized spacial score (nSPS) is 15.1. The summed E-state index contributed by atoms with van der Waals surface area (Å²) in [5.74, 6) is 1.19. The van der Waals surface area contributed by atoms with Crippen molar-refractivity contribution < 1.29 is 4.52 Å². The summed E-state index contributed by atoms with van der Waals surface area (Å²) in [4.78, 5) is 8.60. The molecule has 1 aliphatic rings. The van der Waals surface area contributed by atoms with Crippen LogP contribution in [-0.4, -0.2) is 21.2 Å². The molecule has 17 heavy (non-hydrogen) atoms. The Morgan fingerprint density at radius 1 is 1.47 bits per heavy atom. The van der Waals surface area contributed by atoms with Crippen molar-refractivity contribution in [2.75, 3.05) is 0 Å². The van der Waals surface area contributed by atoms with Gasteiger partial charge in [-0.15, -0.1) is 0 Å². The number of hydrogen-bond acceptors (Lipinski definition) is 5. The lowest BCUT2D eigenvalue weighted by molar-refractivity contribution is 0.367. The molecule has 0 aromatic carbocycles. The van der Waals surface area contributed by atoms with E-state index in [-0.39, 0.29) is 0 Å². The molecule has 5 nitrogen and oxygen atoms in total. The molecule has 0 saturated heterocycles. The summed E-state index contributed by atoms with van der Waals surface area (Å²) in [6.45, 7) is 2.63. The summed E-state index contributed by atoms with van der Waals surface area (Å²) in [5.41, 5.74) is 1.84. The summed E-state index contributed by atoms with van der Waals surface area (Å²) in [5, 5.41) is 7.29. The van der Waals surface area contributed by atoms with Gasteiger partial charge in [0.25, 0.3) is 0 Å². The molecule has 0 unspecified atom stereocenters. The highest BCUT2D eigenvalue weighted by atomic mass is 16.5. The van der Waals surface area contributed by atoms with Crippen molar-refractivity contribution in [1.29, 1.82) is 0 Å². The largest absolute Gasteiger partial charge is 0.337 e. The predicted octanol–water partition coefficient (Wildman–Crippen LogP) is 1.69. The Kier molecular flexibility index (Phi) is 2.60. The average Bonchev–Trinajstić information content (AvgIpc) is 3.06. The van der Waals surface area contributed by atoms with Crippen LogP contribution in [0.1, 0.15) is 24.3 Å². The Morgan fingerprint density at radius 2 is 2.35 bits per heavy atom. The van der Waals surface area contributed by atoms with Crippen LogP contribution < -0.4 is 5.32 Å². The van der Waals surface area contributed by atoms with Crippen LogP contribution in [0.2, 0.25) is 0 Å². The van der Waals surface area contributed by atoms with E-state index in [2.05, 4.69) is 20.4 Å². The molecular formula is C12H14N4O. The second kappa shape index (κ2) is 4.25. The van der Waals surface area contributed by atoms with E-state index >= 15 is 0 Å². The maximum absolute atomic E-state index is 5.19. The first-order valence-electron chi connectivity index (χ1n) is 5.81. The lowest BCUT2D eigenvalue weighted by atomic mass is 10.2. The van der Waals surface area contributed by atoms with E-state index in [1.807, 2.05) is 19.1 Å². The minimum atomic E-state index is 0.565. The minimum Gasteiger partial charge on any atom is -0.337 e. The number of aryl methyl sites for hydroxylation is 1. The lowest BCUT2D eigenvalue weighted by Gasteiger charge is -1.97. The van der Waals surface area contributed by atoms with Crippen LogP contribution in [-0.2, 0) is 6.54 Å². The fourth-order valence-electron chi connectivity index (χ4n) is 1.66. The van der Waals surface area contributed by atoms with E-state index in [0.717, 1.165) is 11.3 Å². The van der Waals surface area contributed by atoms with E-state index in [1.54, 1.807) is 6.20 Å². The van der Waals surface area contributed by atoms with Crippen molar-refractivity contribution in [3.8, 4) is 11.5 Å². The van der Waals surface area contributed by atoms with Crippen LogP contribution in [0.15, 0.2) is 22.9 Å². The molecule has 2 aromatic rings. The standard InChI is InChI=1S/C12H14N4O/c1-8-3-2-6-13-11(8)12-15-10(17-16-12)7-14-9-4-5-9/h2-3,6,9,14H,4-5,7H2,1H3. The van der Waals surface area contributed by atoms with Gasteiger partial charge in [0.05, 0.1) is 6.54 Å². The fourth-order valence-corrected chi connectivity index (χ4v) is 1.66. The van der Waals surface area contributed by atoms with Crippen LogP contribution in [0.3, 0.4) is 0 Å². The predicted molar refractivity (Wildman–Crippen MR) is 62.1 cm³/mol. The van der Waals surface area contributed by atoms with Gasteiger partial charge in [-0.05, 0) is 31.4 Å². The summed E-state index contributed by atoms with van der Waals surface area (Å²) in [6.07, 6.45) is 4.24. The number of nitrogens with zero attached hydrogens (tertiary/aromatic N) is 3. The number of nitrogens with one attached hydrogen (secondary N) is 1. The molecule has 1 N–H and O–H groups in total. The van der Waals surface area contributed by atoms with Crippen molar-refractivity contribution in [2.24, 2.45) is 0 Å². The molecule has 0 aliphatic heterocycles. The first-order valence-corrected chi connectivity index (χ1v) is 5.81. The SMILES string of the molecule is Cc1cccnc1-c1noc(CNC2CC2)n1. The Hall–Kier alpha value is -1.75. The van der Waals surface area contributed by atoms with Crippen LogP contribution in [0.4, 0.5) is 0 Å². The van der Waals surface area contributed by atoms with Crippen LogP contribution in [0.5, 0.6) is 0 Å². The molecule has 1 saturated carbocycles. The summed E-state index contributed by atoms with van der Waals surface area (Å²) in [6, 6.07) is 4.52. The van der Waals surface area contributed by atoms with Gasteiger partial charge in [-0.1, -0.05) is 11.2 Å². The Bertz CT molecular complexity index is 519. The van der Waals surface area contributed by atoms with Crippen LogP contribution in [0.25, 0.3) is 11.5 Å². The van der Waals surface area contributed by atoms with Gasteiger partial charge in [-0.25, -0.2) is 0 Å². The Labute approximate surface area is 99.3 Å². The summed E-state index contributed by atoms with van der Waals surface area (Å²) in [7, 11) is 0. The summed E-state index contributed by atoms with van der Waals surface area (Å²) >= 11 is 0. The van der Waals surface area contributed by atoms with Gasteiger partial charge >= 0.3 is 0 Å². The number of hydrogen-bond donors (Lipinski definition) is 1. The zero-order valence-electron chi connectivity index (χ0n) is 9.68. The molecule has 0 amide bonds. The molecule has 2 heterocycles. The number of pyridine rings is 1. The highest BCUT2D eigenvalue weighted by Crippen LogP contribution is 2.20. The zero-order chi connectivity index (χ0) is 11.7. The molecule has 88 valence electrons. The smallest absolute Gasteiger partial charge is 0.240 e. The molecule has 2 aromatic heterocycles. The van der Waals surface area contributed by atoms with Gasteiger partial charge in [-0.3, -0.25) is 4.98 Å². The minimum absolute atomic E-state index is 0.565. The molecule has 1 aliphatic carbocycles. The van der Waals surface area contributed by atoms with Crippen molar-refractivity contribution >= 4 is 0 Å². The molecule has 0 radical (unpaired) electrons. The fraction of sp³-hybridized carbons (Fsp3) is 0.417. The van der Waals surface area contributed by atoms with Crippen LogP contribution in [0, 0.1) is 6.92 Å². The quantitative estimate of drug-likeness (QED) is 0.866. The van der Waals surface area contributed by atoms with Gasteiger partial charge in [0.1, 0.15) is 5.69 Å². The molecule has 0 spiro atoms. The van der Waals surface area contributed by atoms with E-state index in [4.69, 9.17) is 4.52 Å². The van der Waals surface area contributed by atoms with Crippen molar-refractivity contribution in [2.45, 2.75) is 32.4 Å². The van der Waals surface area contributed by atoms with Gasteiger partial charge in [-0.2, -0.15) is 4.98 Å². The monoisotopic (exact) mass is 230 g/mol. The average molecular weight is 230 g/mol. The zero-order valence-corrected chi connectivity index (χ0v) is 9.68. The van der Waals surface area contributed by atoms with E-state index in [1.165, 1.54) is 12.8 Å². The number of aromatic nitrogens is 3. The van der Waals surface area contributed by atoms with Gasteiger partial charge in [0.2, 0.25) is 11.7 Å². The third-order valence-corrected chi connectivity index (χ3v) is 2.81. The van der Waals surface area contributed by atoms with E-state index < -0.39 is 0 Å². The first-order chi connectivity index (χ1) is 8.33. The molecular weight excluding hydrogens is 216 g/mol. The topological polar surface area (TPSA) is 63.8 Å². The van der Waals surface area contributed by atoms with Gasteiger partial charge < -0.3 is 9.84 Å². The molecule has 0 bridgehead atoms. The highest BCUT2D eigenvalue weighted by Gasteiger charge is 2.21. The van der Waals surface area contributed by atoms with Crippen molar-refractivity contribution in [3.05, 3.63) is 29.8 Å². The molecule has 1 fully saturated rings. The van der Waals surface area contributed by atoms with Gasteiger partial charge in [0.15, 0.2) is 0 Å². The molecule has 0 atom stereocenters. The summed E-state index contributed by atoms with van der Waals surface area (Å²) < 4.78 is 5.19. The Morgan fingerprint density at radius 3 is 3.12 bits per heavy atom. The van der Waals surface area contributed by atoms with Gasteiger partial charge in [0, 0.05) is 12.2 Å². The van der Waals surface area contributed by atoms with Crippen LogP contribution >= 0.6 is 0 Å². The van der Waals surface area contributed by atoms with E-state index in [0.29, 0.717) is 24.3 Å². The second-order valence-electron chi connectivity index (χ2n) is 4.34. The first kappa shape index (κ1) is 10.4. The number of rotatable bonds is 4. The van der Waals surface area contributed by atoms with Crippen molar-refractivity contribution in [1.82, 2.24) is 20.4 Å². The maximum Gasteiger partial charge on any atom is 0.240 e. The van der Waals surface area contributed by atoms with Crippen molar-refractivity contribution in [3.63, 3.8) is 0 Å². The molecule has 3 rings (SSSR count). The second-order valence-corrected chi connectivity index (χ2v) is 4.34. The Balaban J connectivity index is 1.77. The van der Waals surface area contributed by atoms with E-state index in [9.17, 15) is 0 Å². The highest BCUT2D eigenvalue weighted by molar-refractivity contribution is 5.52. The lowest BCUT2D eigenvalue weighted by Crippen LogP contribution is -2.15.